The monoisotopic (exact) mass is 260 g/mol. The molecule has 1 unspecified atom stereocenters. The van der Waals surface area contributed by atoms with Gasteiger partial charge in [-0.05, 0) is 25.5 Å². The lowest BCUT2D eigenvalue weighted by molar-refractivity contribution is -0.140. The second-order valence-electron chi connectivity index (χ2n) is 4.00. The average molecular weight is 260 g/mol. The van der Waals surface area contributed by atoms with Crippen LogP contribution in [0.25, 0.3) is 0 Å². The quantitative estimate of drug-likeness (QED) is 0.804. The molecule has 100 valence electrons. The molecule has 0 heterocycles. The largest absolute Gasteiger partial charge is 0.482 e. The highest BCUT2D eigenvalue weighted by molar-refractivity contribution is 5.80. The Balaban J connectivity index is 2.99. The number of carbonyl (C=O) groups excluding carboxylic acids is 1. The first-order valence-electron chi connectivity index (χ1n) is 5.69. The van der Waals surface area contributed by atoms with Crippen molar-refractivity contribution in [3.63, 3.8) is 0 Å². The maximum Gasteiger partial charge on any atom is 0.419 e. The smallest absolute Gasteiger partial charge is 0.419 e. The molecule has 0 bridgehead atoms. The number of Topliss-reactive ketones (excluding diaryl/α,β-unsaturated/α-hetero) is 1. The predicted octanol–water partition coefficient (Wildman–Crippen LogP) is 3.84. The number of alkyl halides is 3. The Morgan fingerprint density at radius 2 is 1.94 bits per heavy atom. The topological polar surface area (TPSA) is 26.3 Å². The number of hydrogen-bond acceptors (Lipinski definition) is 2. The van der Waals surface area contributed by atoms with Crippen LogP contribution in [0.2, 0.25) is 0 Å². The fraction of sp³-hybridized carbons (Fsp3) is 0.462. The van der Waals surface area contributed by atoms with E-state index in [0.29, 0.717) is 12.8 Å². The lowest BCUT2D eigenvalue weighted by Crippen LogP contribution is -2.26. The lowest BCUT2D eigenvalue weighted by atomic mass is 10.1. The van der Waals surface area contributed by atoms with E-state index in [-0.39, 0.29) is 11.5 Å². The highest BCUT2D eigenvalue weighted by Crippen LogP contribution is 2.36. The zero-order chi connectivity index (χ0) is 13.8. The Bertz CT molecular complexity index is 413. The van der Waals surface area contributed by atoms with Gasteiger partial charge in [0.05, 0.1) is 5.56 Å². The number of para-hydroxylation sites is 1. The van der Waals surface area contributed by atoms with Gasteiger partial charge < -0.3 is 4.74 Å². The van der Waals surface area contributed by atoms with Gasteiger partial charge in [0.2, 0.25) is 0 Å². The molecule has 1 rings (SSSR count). The maximum atomic E-state index is 12.7. The maximum absolute atomic E-state index is 12.7. The first-order chi connectivity index (χ1) is 8.36. The molecule has 2 nitrogen and oxygen atoms in total. The summed E-state index contributed by atoms with van der Waals surface area (Å²) < 4.78 is 43.4. The van der Waals surface area contributed by atoms with Crippen LogP contribution in [0.5, 0.6) is 5.75 Å². The molecule has 0 radical (unpaired) electrons. The van der Waals surface area contributed by atoms with E-state index < -0.39 is 17.8 Å². The molecular weight excluding hydrogens is 245 g/mol. The lowest BCUT2D eigenvalue weighted by Gasteiger charge is -2.19. The van der Waals surface area contributed by atoms with Crippen molar-refractivity contribution < 1.29 is 22.7 Å². The van der Waals surface area contributed by atoms with Crippen LogP contribution in [-0.4, -0.2) is 11.9 Å². The Morgan fingerprint density at radius 1 is 1.33 bits per heavy atom. The number of hydrogen-bond donors (Lipinski definition) is 0. The van der Waals surface area contributed by atoms with Gasteiger partial charge in [-0.25, -0.2) is 0 Å². The molecule has 0 spiro atoms. The minimum absolute atomic E-state index is 0.270. The van der Waals surface area contributed by atoms with Crippen molar-refractivity contribution in [2.75, 3.05) is 0 Å². The van der Waals surface area contributed by atoms with Crippen LogP contribution in [-0.2, 0) is 11.0 Å². The van der Waals surface area contributed by atoms with Crippen LogP contribution < -0.4 is 4.74 Å². The van der Waals surface area contributed by atoms with E-state index in [1.54, 1.807) is 0 Å². The van der Waals surface area contributed by atoms with Crippen molar-refractivity contribution in [1.29, 1.82) is 0 Å². The van der Waals surface area contributed by atoms with E-state index in [9.17, 15) is 18.0 Å². The number of benzene rings is 1. The third-order valence-corrected chi connectivity index (χ3v) is 2.47. The number of ether oxygens (including phenoxy) is 1. The molecule has 1 aromatic carbocycles. The van der Waals surface area contributed by atoms with Gasteiger partial charge in [-0.1, -0.05) is 25.5 Å². The van der Waals surface area contributed by atoms with E-state index in [0.717, 1.165) is 6.07 Å². The summed E-state index contributed by atoms with van der Waals surface area (Å²) in [5.41, 5.74) is -0.854. The molecule has 0 fully saturated rings. The van der Waals surface area contributed by atoms with Crippen LogP contribution in [0.4, 0.5) is 13.2 Å². The number of halogens is 3. The molecule has 1 atom stereocenters. The summed E-state index contributed by atoms with van der Waals surface area (Å²) in [4.78, 5) is 11.3. The zero-order valence-electron chi connectivity index (χ0n) is 10.3. The fourth-order valence-corrected chi connectivity index (χ4v) is 1.56. The second kappa shape index (κ2) is 5.89. The Labute approximate surface area is 104 Å². The molecule has 0 saturated heterocycles. The van der Waals surface area contributed by atoms with Gasteiger partial charge >= 0.3 is 6.18 Å². The Morgan fingerprint density at radius 3 is 2.44 bits per heavy atom. The van der Waals surface area contributed by atoms with Gasteiger partial charge in [0, 0.05) is 0 Å². The predicted molar refractivity (Wildman–Crippen MR) is 61.4 cm³/mol. The fourth-order valence-electron chi connectivity index (χ4n) is 1.56. The molecule has 0 aliphatic carbocycles. The third-order valence-electron chi connectivity index (χ3n) is 2.47. The molecule has 1 aromatic rings. The number of ketones is 1. The van der Waals surface area contributed by atoms with Crippen LogP contribution in [0.15, 0.2) is 24.3 Å². The summed E-state index contributed by atoms with van der Waals surface area (Å²) in [5.74, 6) is -0.563. The summed E-state index contributed by atoms with van der Waals surface area (Å²) in [6.07, 6.45) is -4.23. The molecule has 0 aliphatic rings. The number of rotatable bonds is 5. The third kappa shape index (κ3) is 3.75. The second-order valence-corrected chi connectivity index (χ2v) is 4.00. The standard InChI is InChI=1S/C13H15F3O2/c1-3-6-11(9(2)17)18-12-8-5-4-7-10(12)13(14,15)16/h4-5,7-8,11H,3,6H2,1-2H3. The summed E-state index contributed by atoms with van der Waals surface area (Å²) in [6, 6.07) is 4.92. The van der Waals surface area contributed by atoms with Gasteiger partial charge in [0.15, 0.2) is 11.9 Å². The number of carbonyl (C=O) groups is 1. The van der Waals surface area contributed by atoms with Crippen LogP contribution in [0.1, 0.15) is 32.3 Å². The highest BCUT2D eigenvalue weighted by atomic mass is 19.4. The van der Waals surface area contributed by atoms with Gasteiger partial charge in [-0.3, -0.25) is 4.79 Å². The summed E-state index contributed by atoms with van der Waals surface area (Å²) >= 11 is 0. The van der Waals surface area contributed by atoms with E-state index in [2.05, 4.69) is 0 Å². The molecule has 18 heavy (non-hydrogen) atoms. The van der Waals surface area contributed by atoms with Gasteiger partial charge in [-0.2, -0.15) is 13.2 Å². The van der Waals surface area contributed by atoms with Crippen LogP contribution in [0.3, 0.4) is 0 Å². The zero-order valence-corrected chi connectivity index (χ0v) is 10.3. The molecule has 0 amide bonds. The minimum Gasteiger partial charge on any atom is -0.482 e. The van der Waals surface area contributed by atoms with Gasteiger partial charge in [-0.15, -0.1) is 0 Å². The van der Waals surface area contributed by atoms with E-state index in [4.69, 9.17) is 4.74 Å². The van der Waals surface area contributed by atoms with Crippen LogP contribution in [0, 0.1) is 0 Å². The first-order valence-corrected chi connectivity index (χ1v) is 5.69. The van der Waals surface area contributed by atoms with Crippen molar-refractivity contribution in [2.45, 2.75) is 39.0 Å². The van der Waals surface area contributed by atoms with Gasteiger partial charge in [0.1, 0.15) is 5.75 Å². The normalized spacial score (nSPS) is 13.2. The van der Waals surface area contributed by atoms with Crippen molar-refractivity contribution in [3.8, 4) is 5.75 Å². The van der Waals surface area contributed by atoms with Crippen molar-refractivity contribution >= 4 is 5.78 Å². The van der Waals surface area contributed by atoms with E-state index >= 15 is 0 Å². The van der Waals surface area contributed by atoms with Crippen molar-refractivity contribution in [1.82, 2.24) is 0 Å². The molecule has 0 saturated carbocycles. The molecule has 0 aromatic heterocycles. The Hall–Kier alpha value is -1.52. The highest BCUT2D eigenvalue weighted by Gasteiger charge is 2.34. The SMILES string of the molecule is CCCC(Oc1ccccc1C(F)(F)F)C(C)=O. The van der Waals surface area contributed by atoms with E-state index in [1.165, 1.54) is 25.1 Å². The molecular formula is C13H15F3O2. The van der Waals surface area contributed by atoms with Crippen molar-refractivity contribution in [3.05, 3.63) is 29.8 Å². The average Bonchev–Trinajstić information content (AvgIpc) is 2.27. The summed E-state index contributed by atoms with van der Waals surface area (Å²) in [7, 11) is 0. The van der Waals surface area contributed by atoms with E-state index in [1.807, 2.05) is 6.92 Å². The molecule has 5 heteroatoms. The van der Waals surface area contributed by atoms with Gasteiger partial charge in [0.25, 0.3) is 0 Å². The Kier molecular flexibility index (Phi) is 4.76. The first kappa shape index (κ1) is 14.5. The van der Waals surface area contributed by atoms with Crippen LogP contribution >= 0.6 is 0 Å². The van der Waals surface area contributed by atoms with Crippen molar-refractivity contribution in [2.24, 2.45) is 0 Å². The summed E-state index contributed by atoms with van der Waals surface area (Å²) in [5, 5.41) is 0. The summed E-state index contributed by atoms with van der Waals surface area (Å²) in [6.45, 7) is 3.16. The molecule has 0 N–H and O–H groups in total. The molecule has 0 aliphatic heterocycles. The minimum atomic E-state index is -4.48.